The SMILES string of the molecule is CCCC(CN)NC(=O)C1CCSC1. The van der Waals surface area contributed by atoms with Gasteiger partial charge in [-0.1, -0.05) is 13.3 Å². The molecule has 1 amide bonds. The average molecular weight is 216 g/mol. The molecule has 0 aromatic rings. The second kappa shape index (κ2) is 6.30. The fraction of sp³-hybridized carbons (Fsp3) is 0.900. The van der Waals surface area contributed by atoms with Crippen LogP contribution in [0, 0.1) is 5.92 Å². The number of amides is 1. The molecule has 1 heterocycles. The number of hydrogen-bond donors (Lipinski definition) is 2. The third kappa shape index (κ3) is 3.50. The Morgan fingerprint density at radius 2 is 2.50 bits per heavy atom. The number of nitrogens with one attached hydrogen (secondary N) is 1. The van der Waals surface area contributed by atoms with Crippen molar-refractivity contribution in [2.75, 3.05) is 18.1 Å². The van der Waals surface area contributed by atoms with Crippen molar-refractivity contribution in [3.8, 4) is 0 Å². The fourth-order valence-electron chi connectivity index (χ4n) is 1.66. The van der Waals surface area contributed by atoms with E-state index in [2.05, 4.69) is 12.2 Å². The highest BCUT2D eigenvalue weighted by molar-refractivity contribution is 7.99. The van der Waals surface area contributed by atoms with Gasteiger partial charge in [-0.05, 0) is 18.6 Å². The zero-order valence-corrected chi connectivity index (χ0v) is 9.61. The molecule has 1 rings (SSSR count). The zero-order chi connectivity index (χ0) is 10.4. The van der Waals surface area contributed by atoms with Gasteiger partial charge in [0.1, 0.15) is 0 Å². The van der Waals surface area contributed by atoms with Crippen LogP contribution in [0.4, 0.5) is 0 Å². The summed E-state index contributed by atoms with van der Waals surface area (Å²) in [6.45, 7) is 2.67. The van der Waals surface area contributed by atoms with Gasteiger partial charge < -0.3 is 11.1 Å². The zero-order valence-electron chi connectivity index (χ0n) is 8.79. The first-order valence-corrected chi connectivity index (χ1v) is 6.51. The van der Waals surface area contributed by atoms with Crippen LogP contribution in [0.5, 0.6) is 0 Å². The lowest BCUT2D eigenvalue weighted by Crippen LogP contribution is -2.43. The summed E-state index contributed by atoms with van der Waals surface area (Å²) in [6.07, 6.45) is 3.09. The second-order valence-corrected chi connectivity index (χ2v) is 4.94. The molecule has 0 aliphatic carbocycles. The molecule has 2 atom stereocenters. The van der Waals surface area contributed by atoms with E-state index in [-0.39, 0.29) is 17.9 Å². The van der Waals surface area contributed by atoms with Crippen molar-refractivity contribution in [3.05, 3.63) is 0 Å². The minimum Gasteiger partial charge on any atom is -0.352 e. The molecule has 82 valence electrons. The molecule has 0 spiro atoms. The standard InChI is InChI=1S/C10H20N2OS/c1-2-3-9(6-11)12-10(13)8-4-5-14-7-8/h8-9H,2-7,11H2,1H3,(H,12,13). The van der Waals surface area contributed by atoms with Gasteiger partial charge in [0.2, 0.25) is 5.91 Å². The molecule has 0 aromatic heterocycles. The van der Waals surface area contributed by atoms with Crippen molar-refractivity contribution < 1.29 is 4.79 Å². The van der Waals surface area contributed by atoms with Crippen LogP contribution in [0.2, 0.25) is 0 Å². The second-order valence-electron chi connectivity index (χ2n) is 3.79. The molecule has 2 unspecified atom stereocenters. The molecule has 14 heavy (non-hydrogen) atoms. The molecule has 0 saturated carbocycles. The molecular weight excluding hydrogens is 196 g/mol. The highest BCUT2D eigenvalue weighted by Gasteiger charge is 2.24. The monoisotopic (exact) mass is 216 g/mol. The van der Waals surface area contributed by atoms with E-state index in [1.807, 2.05) is 11.8 Å². The first-order chi connectivity index (χ1) is 6.77. The van der Waals surface area contributed by atoms with E-state index in [0.717, 1.165) is 30.8 Å². The Bertz CT molecular complexity index is 181. The van der Waals surface area contributed by atoms with Gasteiger partial charge >= 0.3 is 0 Å². The topological polar surface area (TPSA) is 55.1 Å². The van der Waals surface area contributed by atoms with Gasteiger partial charge in [0.05, 0.1) is 0 Å². The van der Waals surface area contributed by atoms with E-state index in [9.17, 15) is 4.79 Å². The predicted molar refractivity (Wildman–Crippen MR) is 61.3 cm³/mol. The van der Waals surface area contributed by atoms with Gasteiger partial charge in [-0.25, -0.2) is 0 Å². The van der Waals surface area contributed by atoms with Crippen molar-refractivity contribution in [2.45, 2.75) is 32.2 Å². The van der Waals surface area contributed by atoms with E-state index in [0.29, 0.717) is 6.54 Å². The largest absolute Gasteiger partial charge is 0.352 e. The Balaban J connectivity index is 2.29. The molecule has 4 heteroatoms. The Hall–Kier alpha value is -0.220. The summed E-state index contributed by atoms with van der Waals surface area (Å²) in [4.78, 5) is 11.7. The third-order valence-corrected chi connectivity index (χ3v) is 3.73. The number of hydrogen-bond acceptors (Lipinski definition) is 3. The Labute approximate surface area is 90.2 Å². The van der Waals surface area contributed by atoms with Crippen LogP contribution >= 0.6 is 11.8 Å². The van der Waals surface area contributed by atoms with Crippen LogP contribution in [0.3, 0.4) is 0 Å². The van der Waals surface area contributed by atoms with Crippen LogP contribution < -0.4 is 11.1 Å². The predicted octanol–water partition coefficient (Wildman–Crippen LogP) is 0.983. The maximum Gasteiger partial charge on any atom is 0.224 e. The number of nitrogens with two attached hydrogens (primary N) is 1. The van der Waals surface area contributed by atoms with Crippen molar-refractivity contribution >= 4 is 17.7 Å². The maximum atomic E-state index is 11.7. The van der Waals surface area contributed by atoms with Crippen LogP contribution in [0.25, 0.3) is 0 Å². The third-order valence-electron chi connectivity index (χ3n) is 2.57. The van der Waals surface area contributed by atoms with Gasteiger partial charge in [-0.15, -0.1) is 0 Å². The summed E-state index contributed by atoms with van der Waals surface area (Å²) in [6, 6.07) is 0.179. The summed E-state index contributed by atoms with van der Waals surface area (Å²) in [5.41, 5.74) is 5.59. The van der Waals surface area contributed by atoms with E-state index < -0.39 is 0 Å². The van der Waals surface area contributed by atoms with Crippen LogP contribution in [-0.2, 0) is 4.79 Å². The Kier molecular flexibility index (Phi) is 5.33. The first-order valence-electron chi connectivity index (χ1n) is 5.36. The lowest BCUT2D eigenvalue weighted by molar-refractivity contribution is -0.124. The summed E-state index contributed by atoms with van der Waals surface area (Å²) in [5, 5.41) is 3.03. The van der Waals surface area contributed by atoms with Crippen molar-refractivity contribution in [1.29, 1.82) is 0 Å². The maximum absolute atomic E-state index is 11.7. The van der Waals surface area contributed by atoms with Crippen molar-refractivity contribution in [2.24, 2.45) is 11.7 Å². The number of carbonyl (C=O) groups excluding carboxylic acids is 1. The molecule has 1 aliphatic heterocycles. The van der Waals surface area contributed by atoms with E-state index >= 15 is 0 Å². The number of thioether (sulfide) groups is 1. The summed E-state index contributed by atoms with van der Waals surface area (Å²) < 4.78 is 0. The summed E-state index contributed by atoms with van der Waals surface area (Å²) >= 11 is 1.87. The first kappa shape index (κ1) is 11.9. The summed E-state index contributed by atoms with van der Waals surface area (Å²) in [5.74, 6) is 2.54. The molecule has 0 radical (unpaired) electrons. The fourth-order valence-corrected chi connectivity index (χ4v) is 2.88. The molecule has 3 nitrogen and oxygen atoms in total. The Morgan fingerprint density at radius 1 is 1.71 bits per heavy atom. The van der Waals surface area contributed by atoms with Crippen LogP contribution in [0.15, 0.2) is 0 Å². The van der Waals surface area contributed by atoms with Crippen molar-refractivity contribution in [1.82, 2.24) is 5.32 Å². The van der Waals surface area contributed by atoms with E-state index in [4.69, 9.17) is 5.73 Å². The normalized spacial score (nSPS) is 23.4. The quantitative estimate of drug-likeness (QED) is 0.720. The van der Waals surface area contributed by atoms with E-state index in [1.165, 1.54) is 0 Å². The molecular formula is C10H20N2OS. The van der Waals surface area contributed by atoms with Gasteiger partial charge in [0, 0.05) is 24.3 Å². The lowest BCUT2D eigenvalue weighted by atomic mass is 10.1. The smallest absolute Gasteiger partial charge is 0.224 e. The average Bonchev–Trinajstić information content (AvgIpc) is 2.69. The highest BCUT2D eigenvalue weighted by Crippen LogP contribution is 2.23. The van der Waals surface area contributed by atoms with Gasteiger partial charge in [0.25, 0.3) is 0 Å². The van der Waals surface area contributed by atoms with Crippen molar-refractivity contribution in [3.63, 3.8) is 0 Å². The number of carbonyl (C=O) groups is 1. The number of rotatable bonds is 5. The molecule has 1 fully saturated rings. The van der Waals surface area contributed by atoms with Gasteiger partial charge in [-0.2, -0.15) is 11.8 Å². The molecule has 1 aliphatic rings. The minimum atomic E-state index is 0.179. The van der Waals surface area contributed by atoms with Crippen LogP contribution in [-0.4, -0.2) is 30.0 Å². The molecule has 0 aromatic carbocycles. The van der Waals surface area contributed by atoms with Gasteiger partial charge in [-0.3, -0.25) is 4.79 Å². The van der Waals surface area contributed by atoms with Gasteiger partial charge in [0.15, 0.2) is 0 Å². The summed E-state index contributed by atoms with van der Waals surface area (Å²) in [7, 11) is 0. The lowest BCUT2D eigenvalue weighted by Gasteiger charge is -2.18. The van der Waals surface area contributed by atoms with E-state index in [1.54, 1.807) is 0 Å². The van der Waals surface area contributed by atoms with Crippen LogP contribution in [0.1, 0.15) is 26.2 Å². The molecule has 3 N–H and O–H groups in total. The Morgan fingerprint density at radius 3 is 3.00 bits per heavy atom. The molecule has 0 bridgehead atoms. The molecule has 1 saturated heterocycles. The highest BCUT2D eigenvalue weighted by atomic mass is 32.2. The minimum absolute atomic E-state index is 0.179.